The minimum atomic E-state index is -0.123. The lowest BCUT2D eigenvalue weighted by molar-refractivity contribution is 0.173. The van der Waals surface area contributed by atoms with E-state index in [0.717, 1.165) is 25.4 Å². The fourth-order valence-corrected chi connectivity index (χ4v) is 1.33. The Labute approximate surface area is 69.2 Å². The predicted octanol–water partition coefficient (Wildman–Crippen LogP) is 1.24. The van der Waals surface area contributed by atoms with E-state index in [1.54, 1.807) is 0 Å². The first-order valence-corrected chi connectivity index (χ1v) is 4.58. The van der Waals surface area contributed by atoms with Crippen LogP contribution in [0.15, 0.2) is 0 Å². The first kappa shape index (κ1) is 9.01. The summed E-state index contributed by atoms with van der Waals surface area (Å²) in [4.78, 5) is 2.41. The van der Waals surface area contributed by atoms with E-state index in [1.807, 2.05) is 6.92 Å². The van der Waals surface area contributed by atoms with Crippen LogP contribution in [-0.4, -0.2) is 35.7 Å². The Morgan fingerprint density at radius 1 is 1.55 bits per heavy atom. The van der Waals surface area contributed by atoms with Crippen molar-refractivity contribution in [3.8, 4) is 0 Å². The summed E-state index contributed by atoms with van der Waals surface area (Å²) in [5, 5.41) is 9.00. The summed E-state index contributed by atoms with van der Waals surface area (Å²) < 4.78 is 0. The second-order valence-corrected chi connectivity index (χ2v) is 3.70. The van der Waals surface area contributed by atoms with Crippen molar-refractivity contribution in [1.29, 1.82) is 0 Å². The standard InChI is InChI=1S/C9H19NO/c1-8(11)4-3-7-10(2)9-5-6-9/h8-9,11H,3-7H2,1-2H3. The topological polar surface area (TPSA) is 23.5 Å². The molecule has 1 unspecified atom stereocenters. The third-order valence-electron chi connectivity index (χ3n) is 2.30. The van der Waals surface area contributed by atoms with Crippen molar-refractivity contribution in [3.05, 3.63) is 0 Å². The lowest BCUT2D eigenvalue weighted by Crippen LogP contribution is -2.22. The van der Waals surface area contributed by atoms with Gasteiger partial charge in [-0.3, -0.25) is 0 Å². The molecule has 0 aromatic rings. The minimum absolute atomic E-state index is 0.123. The molecule has 2 heteroatoms. The van der Waals surface area contributed by atoms with E-state index in [2.05, 4.69) is 11.9 Å². The minimum Gasteiger partial charge on any atom is -0.393 e. The van der Waals surface area contributed by atoms with Gasteiger partial charge in [0.2, 0.25) is 0 Å². The molecule has 2 nitrogen and oxygen atoms in total. The highest BCUT2D eigenvalue weighted by Gasteiger charge is 2.25. The number of nitrogens with zero attached hydrogens (tertiary/aromatic N) is 1. The van der Waals surface area contributed by atoms with Gasteiger partial charge in [0.1, 0.15) is 0 Å². The molecule has 0 aromatic carbocycles. The second-order valence-electron chi connectivity index (χ2n) is 3.70. The molecule has 0 bridgehead atoms. The maximum Gasteiger partial charge on any atom is 0.0512 e. The maximum atomic E-state index is 9.00. The van der Waals surface area contributed by atoms with Crippen molar-refractivity contribution in [3.63, 3.8) is 0 Å². The molecule has 0 amide bonds. The van der Waals surface area contributed by atoms with Gasteiger partial charge in [0.05, 0.1) is 6.10 Å². The van der Waals surface area contributed by atoms with Gasteiger partial charge in [0.25, 0.3) is 0 Å². The third-order valence-corrected chi connectivity index (χ3v) is 2.30. The largest absolute Gasteiger partial charge is 0.393 e. The lowest BCUT2D eigenvalue weighted by atomic mass is 10.2. The van der Waals surface area contributed by atoms with Crippen molar-refractivity contribution < 1.29 is 5.11 Å². The molecule has 0 saturated heterocycles. The SMILES string of the molecule is CC(O)CCCN(C)C1CC1. The van der Waals surface area contributed by atoms with E-state index in [9.17, 15) is 0 Å². The van der Waals surface area contributed by atoms with Crippen LogP contribution in [-0.2, 0) is 0 Å². The van der Waals surface area contributed by atoms with E-state index >= 15 is 0 Å². The molecule has 1 aliphatic carbocycles. The van der Waals surface area contributed by atoms with Crippen molar-refractivity contribution in [2.45, 2.75) is 44.8 Å². The smallest absolute Gasteiger partial charge is 0.0512 e. The van der Waals surface area contributed by atoms with Crippen LogP contribution < -0.4 is 0 Å². The molecule has 1 atom stereocenters. The Morgan fingerprint density at radius 3 is 2.64 bits per heavy atom. The van der Waals surface area contributed by atoms with Gasteiger partial charge in [-0.25, -0.2) is 0 Å². The van der Waals surface area contributed by atoms with Crippen LogP contribution >= 0.6 is 0 Å². The van der Waals surface area contributed by atoms with E-state index in [-0.39, 0.29) is 6.10 Å². The van der Waals surface area contributed by atoms with Crippen molar-refractivity contribution in [1.82, 2.24) is 4.90 Å². The zero-order valence-electron chi connectivity index (χ0n) is 7.58. The van der Waals surface area contributed by atoms with Crippen LogP contribution in [0.25, 0.3) is 0 Å². The normalized spacial score (nSPS) is 20.7. The second kappa shape index (κ2) is 4.07. The highest BCUT2D eigenvalue weighted by Crippen LogP contribution is 2.25. The van der Waals surface area contributed by atoms with Crippen molar-refractivity contribution in [2.75, 3.05) is 13.6 Å². The molecular formula is C9H19NO. The Morgan fingerprint density at radius 2 is 2.18 bits per heavy atom. The maximum absolute atomic E-state index is 9.00. The molecule has 0 spiro atoms. The molecule has 0 aromatic heterocycles. The monoisotopic (exact) mass is 157 g/mol. The average molecular weight is 157 g/mol. The predicted molar refractivity (Wildman–Crippen MR) is 46.6 cm³/mol. The summed E-state index contributed by atoms with van der Waals surface area (Å²) in [5.74, 6) is 0. The van der Waals surface area contributed by atoms with Crippen LogP contribution in [0.1, 0.15) is 32.6 Å². The summed E-state index contributed by atoms with van der Waals surface area (Å²) >= 11 is 0. The molecule has 1 N–H and O–H groups in total. The quantitative estimate of drug-likeness (QED) is 0.649. The van der Waals surface area contributed by atoms with Gasteiger partial charge in [0, 0.05) is 6.04 Å². The van der Waals surface area contributed by atoms with Crippen LogP contribution in [0.5, 0.6) is 0 Å². The Kier molecular flexibility index (Phi) is 3.34. The molecular weight excluding hydrogens is 138 g/mol. The van der Waals surface area contributed by atoms with Crippen molar-refractivity contribution >= 4 is 0 Å². The molecule has 0 radical (unpaired) electrons. The van der Waals surface area contributed by atoms with Gasteiger partial charge in [-0.1, -0.05) is 0 Å². The van der Waals surface area contributed by atoms with Gasteiger partial charge >= 0.3 is 0 Å². The first-order valence-electron chi connectivity index (χ1n) is 4.58. The summed E-state index contributed by atoms with van der Waals surface area (Å²) in [6.45, 7) is 3.01. The third kappa shape index (κ3) is 3.73. The van der Waals surface area contributed by atoms with Crippen LogP contribution in [0, 0.1) is 0 Å². The highest BCUT2D eigenvalue weighted by molar-refractivity contribution is 4.82. The summed E-state index contributed by atoms with van der Waals surface area (Å²) in [7, 11) is 2.18. The zero-order chi connectivity index (χ0) is 8.27. The fraction of sp³-hybridized carbons (Fsp3) is 1.00. The van der Waals surface area contributed by atoms with Gasteiger partial charge in [-0.2, -0.15) is 0 Å². The molecule has 1 fully saturated rings. The molecule has 11 heavy (non-hydrogen) atoms. The van der Waals surface area contributed by atoms with Gasteiger partial charge < -0.3 is 10.0 Å². The van der Waals surface area contributed by atoms with Gasteiger partial charge in [-0.05, 0) is 46.2 Å². The molecule has 1 rings (SSSR count). The molecule has 0 aliphatic heterocycles. The molecule has 66 valence electrons. The molecule has 1 saturated carbocycles. The van der Waals surface area contributed by atoms with Crippen LogP contribution in [0.3, 0.4) is 0 Å². The van der Waals surface area contributed by atoms with E-state index in [4.69, 9.17) is 5.11 Å². The average Bonchev–Trinajstić information content (AvgIpc) is 2.66. The molecule has 0 heterocycles. The Bertz CT molecular complexity index is 110. The zero-order valence-corrected chi connectivity index (χ0v) is 7.58. The summed E-state index contributed by atoms with van der Waals surface area (Å²) in [5.41, 5.74) is 0. The fourth-order valence-electron chi connectivity index (χ4n) is 1.33. The van der Waals surface area contributed by atoms with Crippen molar-refractivity contribution in [2.24, 2.45) is 0 Å². The van der Waals surface area contributed by atoms with E-state index in [1.165, 1.54) is 12.8 Å². The van der Waals surface area contributed by atoms with Crippen LogP contribution in [0.4, 0.5) is 0 Å². The number of hydrogen-bond donors (Lipinski definition) is 1. The lowest BCUT2D eigenvalue weighted by Gasteiger charge is -2.15. The van der Waals surface area contributed by atoms with Gasteiger partial charge in [-0.15, -0.1) is 0 Å². The summed E-state index contributed by atoms with van der Waals surface area (Å²) in [6.07, 6.45) is 4.71. The van der Waals surface area contributed by atoms with Gasteiger partial charge in [0.15, 0.2) is 0 Å². The van der Waals surface area contributed by atoms with Crippen LogP contribution in [0.2, 0.25) is 0 Å². The Balaban J connectivity index is 1.93. The first-order chi connectivity index (χ1) is 5.20. The number of aliphatic hydroxyl groups excluding tert-OH is 1. The number of hydrogen-bond acceptors (Lipinski definition) is 2. The number of rotatable bonds is 5. The van der Waals surface area contributed by atoms with E-state index < -0.39 is 0 Å². The summed E-state index contributed by atoms with van der Waals surface area (Å²) in [6, 6.07) is 0.865. The molecule has 1 aliphatic rings. The van der Waals surface area contributed by atoms with E-state index in [0.29, 0.717) is 0 Å². The number of aliphatic hydroxyl groups is 1. The Hall–Kier alpha value is -0.0800. The highest BCUT2D eigenvalue weighted by atomic mass is 16.3.